The number of morpholine rings is 1. The molecule has 1 spiro atoms. The number of rotatable bonds is 1. The second kappa shape index (κ2) is 6.51. The van der Waals surface area contributed by atoms with Crippen LogP contribution in [0.1, 0.15) is 33.8 Å². The van der Waals surface area contributed by atoms with Gasteiger partial charge in [-0.15, -0.1) is 0 Å². The zero-order valence-corrected chi connectivity index (χ0v) is 15.0. The summed E-state index contributed by atoms with van der Waals surface area (Å²) in [4.78, 5) is 41.1. The summed E-state index contributed by atoms with van der Waals surface area (Å²) in [6, 6.07) is 2.64. The van der Waals surface area contributed by atoms with E-state index >= 15 is 0 Å². The van der Waals surface area contributed by atoms with Gasteiger partial charge in [0.25, 0.3) is 11.8 Å². The normalized spacial score (nSPS) is 22.8. The minimum absolute atomic E-state index is 0.170. The highest BCUT2D eigenvalue weighted by molar-refractivity contribution is 5.97. The van der Waals surface area contributed by atoms with Gasteiger partial charge in [-0.05, 0) is 19.9 Å². The number of fused-ring (bicyclic) bond motifs is 1. The fraction of sp³-hybridized carbons (Fsp3) is 0.611. The van der Waals surface area contributed by atoms with Gasteiger partial charge in [-0.25, -0.2) is 0 Å². The van der Waals surface area contributed by atoms with Crippen molar-refractivity contribution in [1.82, 2.24) is 19.7 Å². The lowest BCUT2D eigenvalue weighted by Crippen LogP contribution is -2.56. The molecular weight excluding hydrogens is 336 g/mol. The number of nitrogens with zero attached hydrogens (tertiary/aromatic N) is 3. The van der Waals surface area contributed by atoms with Crippen LogP contribution >= 0.6 is 0 Å². The summed E-state index contributed by atoms with van der Waals surface area (Å²) in [5, 5.41) is 2.71. The molecule has 8 nitrogen and oxygen atoms in total. The van der Waals surface area contributed by atoms with Crippen LogP contribution in [0.5, 0.6) is 0 Å². The van der Waals surface area contributed by atoms with Crippen molar-refractivity contribution in [2.24, 2.45) is 0 Å². The van der Waals surface area contributed by atoms with Crippen molar-refractivity contribution in [1.29, 1.82) is 0 Å². The molecule has 4 rings (SSSR count). The SMILES string of the molecule is CN1CCOC2(CCN(C(=O)c3cc(=O)cc4n3CCNC4=O)CC2)C1. The third kappa shape index (κ3) is 3.03. The van der Waals surface area contributed by atoms with E-state index in [2.05, 4.69) is 17.3 Å². The van der Waals surface area contributed by atoms with Gasteiger partial charge >= 0.3 is 0 Å². The molecule has 0 aromatic carbocycles. The average Bonchev–Trinajstić information content (AvgIpc) is 2.62. The van der Waals surface area contributed by atoms with Gasteiger partial charge in [0.15, 0.2) is 5.43 Å². The number of hydrogen-bond acceptors (Lipinski definition) is 5. The molecule has 2 saturated heterocycles. The first-order valence-electron chi connectivity index (χ1n) is 9.12. The number of hydrogen-bond donors (Lipinski definition) is 1. The fourth-order valence-electron chi connectivity index (χ4n) is 4.19. The van der Waals surface area contributed by atoms with E-state index in [1.165, 1.54) is 12.1 Å². The van der Waals surface area contributed by atoms with Crippen molar-refractivity contribution in [3.63, 3.8) is 0 Å². The number of aromatic nitrogens is 1. The average molecular weight is 360 g/mol. The van der Waals surface area contributed by atoms with Gasteiger partial charge < -0.3 is 24.4 Å². The standard InChI is InChI=1S/C18H24N4O4/c1-20-8-9-26-18(12-20)2-5-21(6-3-18)17(25)15-11-13(23)10-14-16(24)19-4-7-22(14)15/h10-11H,2-9,12H2,1H3,(H,19,24). The molecule has 3 aliphatic heterocycles. The van der Waals surface area contributed by atoms with E-state index in [0.717, 1.165) is 32.5 Å². The first-order valence-corrected chi connectivity index (χ1v) is 9.12. The van der Waals surface area contributed by atoms with Gasteiger partial charge in [0.2, 0.25) is 0 Å². The Morgan fingerprint density at radius 1 is 1.15 bits per heavy atom. The molecule has 3 aliphatic rings. The number of ether oxygens (including phenoxy) is 1. The molecule has 1 aromatic heterocycles. The smallest absolute Gasteiger partial charge is 0.270 e. The molecule has 0 saturated carbocycles. The van der Waals surface area contributed by atoms with E-state index in [9.17, 15) is 14.4 Å². The Kier molecular flexibility index (Phi) is 4.32. The third-order valence-corrected chi connectivity index (χ3v) is 5.61. The van der Waals surface area contributed by atoms with Gasteiger partial charge in [0, 0.05) is 51.4 Å². The monoisotopic (exact) mass is 360 g/mol. The van der Waals surface area contributed by atoms with Gasteiger partial charge in [-0.1, -0.05) is 0 Å². The second-order valence-corrected chi connectivity index (χ2v) is 7.43. The van der Waals surface area contributed by atoms with Gasteiger partial charge in [-0.3, -0.25) is 14.4 Å². The van der Waals surface area contributed by atoms with Crippen LogP contribution in [-0.4, -0.2) is 78.2 Å². The molecule has 2 fully saturated rings. The van der Waals surface area contributed by atoms with Crippen LogP contribution in [0.4, 0.5) is 0 Å². The van der Waals surface area contributed by atoms with Crippen LogP contribution in [-0.2, 0) is 11.3 Å². The summed E-state index contributed by atoms with van der Waals surface area (Å²) in [5.41, 5.74) is 0.0801. The molecule has 0 radical (unpaired) electrons. The van der Waals surface area contributed by atoms with Crippen molar-refractivity contribution >= 4 is 11.8 Å². The predicted molar refractivity (Wildman–Crippen MR) is 94.4 cm³/mol. The van der Waals surface area contributed by atoms with Crippen LogP contribution in [0.15, 0.2) is 16.9 Å². The molecule has 8 heteroatoms. The molecule has 0 bridgehead atoms. The van der Waals surface area contributed by atoms with Gasteiger partial charge in [-0.2, -0.15) is 0 Å². The zero-order chi connectivity index (χ0) is 18.3. The van der Waals surface area contributed by atoms with E-state index in [1.807, 2.05) is 0 Å². The Bertz CT molecular complexity index is 795. The third-order valence-electron chi connectivity index (χ3n) is 5.61. The summed E-state index contributed by atoms with van der Waals surface area (Å²) >= 11 is 0. The highest BCUT2D eigenvalue weighted by Gasteiger charge is 2.40. The van der Waals surface area contributed by atoms with Crippen LogP contribution in [0.3, 0.4) is 0 Å². The number of nitrogens with one attached hydrogen (secondary N) is 1. The fourth-order valence-corrected chi connectivity index (χ4v) is 4.19. The Hall–Kier alpha value is -2.19. The zero-order valence-electron chi connectivity index (χ0n) is 15.0. The Morgan fingerprint density at radius 2 is 1.92 bits per heavy atom. The quantitative estimate of drug-likeness (QED) is 0.732. The van der Waals surface area contributed by atoms with Crippen LogP contribution in [0, 0.1) is 0 Å². The van der Waals surface area contributed by atoms with Crippen molar-refractivity contribution < 1.29 is 14.3 Å². The molecule has 1 N–H and O–H groups in total. The lowest BCUT2D eigenvalue weighted by Gasteiger charge is -2.46. The van der Waals surface area contributed by atoms with Gasteiger partial charge in [0.1, 0.15) is 11.4 Å². The first kappa shape index (κ1) is 17.2. The first-order chi connectivity index (χ1) is 12.5. The highest BCUT2D eigenvalue weighted by atomic mass is 16.5. The number of carbonyl (C=O) groups is 2. The summed E-state index contributed by atoms with van der Waals surface area (Å²) in [7, 11) is 2.09. The van der Waals surface area contributed by atoms with Crippen LogP contribution in [0.25, 0.3) is 0 Å². The largest absolute Gasteiger partial charge is 0.372 e. The molecule has 4 heterocycles. The molecule has 26 heavy (non-hydrogen) atoms. The summed E-state index contributed by atoms with van der Waals surface area (Å²) in [5.74, 6) is -0.489. The lowest BCUT2D eigenvalue weighted by atomic mass is 9.89. The van der Waals surface area contributed by atoms with Gasteiger partial charge in [0.05, 0.1) is 12.2 Å². The van der Waals surface area contributed by atoms with Crippen molar-refractivity contribution in [2.45, 2.75) is 25.0 Å². The molecule has 2 amide bonds. The maximum absolute atomic E-state index is 13.0. The van der Waals surface area contributed by atoms with E-state index in [1.54, 1.807) is 9.47 Å². The lowest BCUT2D eigenvalue weighted by molar-refractivity contribution is -0.127. The Balaban J connectivity index is 1.54. The number of amides is 2. The maximum Gasteiger partial charge on any atom is 0.270 e. The number of piperidine rings is 1. The van der Waals surface area contributed by atoms with Crippen LogP contribution in [0.2, 0.25) is 0 Å². The minimum Gasteiger partial charge on any atom is -0.372 e. The topological polar surface area (TPSA) is 83.9 Å². The van der Waals surface area contributed by atoms with E-state index in [4.69, 9.17) is 4.74 Å². The minimum atomic E-state index is -0.317. The second-order valence-electron chi connectivity index (χ2n) is 7.43. The molecule has 0 unspecified atom stereocenters. The number of carbonyl (C=O) groups excluding carboxylic acids is 2. The van der Waals surface area contributed by atoms with Crippen molar-refractivity contribution in [2.75, 3.05) is 46.4 Å². The Morgan fingerprint density at radius 3 is 2.65 bits per heavy atom. The number of likely N-dealkylation sites (N-methyl/N-ethyl adjacent to an activating group) is 1. The van der Waals surface area contributed by atoms with Crippen molar-refractivity contribution in [3.05, 3.63) is 33.7 Å². The number of pyridine rings is 1. The van der Waals surface area contributed by atoms with Crippen molar-refractivity contribution in [3.8, 4) is 0 Å². The van der Waals surface area contributed by atoms with E-state index in [-0.39, 0.29) is 28.5 Å². The molecule has 0 atom stereocenters. The molecule has 1 aromatic rings. The van der Waals surface area contributed by atoms with E-state index < -0.39 is 0 Å². The highest BCUT2D eigenvalue weighted by Crippen LogP contribution is 2.30. The predicted octanol–water partition coefficient (Wildman–Crippen LogP) is -0.471. The maximum atomic E-state index is 13.0. The number of likely N-dealkylation sites (tertiary alicyclic amines) is 1. The molecule has 140 valence electrons. The summed E-state index contributed by atoms with van der Waals surface area (Å²) < 4.78 is 7.71. The molecule has 0 aliphatic carbocycles. The summed E-state index contributed by atoms with van der Waals surface area (Å²) in [6.45, 7) is 4.68. The molecular formula is C18H24N4O4. The Labute approximate surface area is 151 Å². The summed E-state index contributed by atoms with van der Waals surface area (Å²) in [6.07, 6.45) is 1.57. The van der Waals surface area contributed by atoms with Crippen LogP contribution < -0.4 is 10.7 Å². The van der Waals surface area contributed by atoms with E-state index in [0.29, 0.717) is 31.9 Å².